The lowest BCUT2D eigenvalue weighted by atomic mass is 9.97. The molecule has 2 aliphatic rings. The summed E-state index contributed by atoms with van der Waals surface area (Å²) in [6.45, 7) is 0.188. The largest absolute Gasteiger partial charge is 0.421 e. The summed E-state index contributed by atoms with van der Waals surface area (Å²) in [6.07, 6.45) is -2.87. The van der Waals surface area contributed by atoms with Crippen LogP contribution in [0, 0.1) is 5.82 Å². The third kappa shape index (κ3) is 5.97. The van der Waals surface area contributed by atoms with Crippen LogP contribution in [0.1, 0.15) is 53.1 Å². The average Bonchev–Trinajstić information content (AvgIpc) is 3.56. The van der Waals surface area contributed by atoms with Gasteiger partial charge in [-0.2, -0.15) is 13.2 Å². The van der Waals surface area contributed by atoms with Crippen molar-refractivity contribution in [1.82, 2.24) is 14.5 Å². The van der Waals surface area contributed by atoms with E-state index < -0.39 is 41.7 Å². The molecule has 1 fully saturated rings. The molecule has 0 aliphatic carbocycles. The monoisotopic (exact) mass is 602 g/mol. The quantitative estimate of drug-likeness (QED) is 0.334. The third-order valence-corrected chi connectivity index (χ3v) is 8.11. The van der Waals surface area contributed by atoms with Gasteiger partial charge in [-0.15, -0.1) is 11.3 Å². The maximum absolute atomic E-state index is 14.3. The predicted molar refractivity (Wildman–Crippen MR) is 138 cm³/mol. The molecule has 1 amide bonds. The lowest BCUT2D eigenvalue weighted by Gasteiger charge is -2.31. The normalized spacial score (nSPS) is 18.3. The molecule has 3 aromatic rings. The molecule has 2 aliphatic heterocycles. The highest BCUT2D eigenvalue weighted by Crippen LogP contribution is 2.35. The van der Waals surface area contributed by atoms with Crippen molar-refractivity contribution in [2.75, 3.05) is 13.1 Å². The van der Waals surface area contributed by atoms with E-state index in [0.29, 0.717) is 65.0 Å². The van der Waals surface area contributed by atoms with Crippen molar-refractivity contribution in [3.8, 4) is 0 Å². The van der Waals surface area contributed by atoms with Gasteiger partial charge in [-0.3, -0.25) is 9.59 Å². The second kappa shape index (κ2) is 10.9. The van der Waals surface area contributed by atoms with Crippen molar-refractivity contribution >= 4 is 46.2 Å². The summed E-state index contributed by atoms with van der Waals surface area (Å²) in [7, 11) is 0. The number of hydrogen-bond donors (Lipinski definition) is 0. The number of carbonyl (C=O) groups excluding carboxylic acids is 1. The Bertz CT molecular complexity index is 1500. The Morgan fingerprint density at radius 1 is 1.15 bits per heavy atom. The molecular weight excluding hydrogens is 583 g/mol. The number of thiazole rings is 1. The minimum atomic E-state index is -4.87. The molecule has 14 heteroatoms. The van der Waals surface area contributed by atoms with Gasteiger partial charge in [-0.1, -0.05) is 34.4 Å². The van der Waals surface area contributed by atoms with Crippen LogP contribution in [0.15, 0.2) is 45.8 Å². The van der Waals surface area contributed by atoms with E-state index >= 15 is 0 Å². The van der Waals surface area contributed by atoms with Crippen LogP contribution in [0.3, 0.4) is 0 Å². The van der Waals surface area contributed by atoms with Crippen LogP contribution in [0.2, 0.25) is 10.0 Å². The van der Waals surface area contributed by atoms with Gasteiger partial charge in [0.1, 0.15) is 23.6 Å². The fourth-order valence-electron chi connectivity index (χ4n) is 4.61. The molecule has 4 heterocycles. The zero-order valence-corrected chi connectivity index (χ0v) is 22.4. The predicted octanol–water partition coefficient (Wildman–Crippen LogP) is 6.04. The van der Waals surface area contributed by atoms with Crippen LogP contribution >= 0.6 is 34.5 Å². The zero-order chi connectivity index (χ0) is 27.9. The Morgan fingerprint density at radius 2 is 1.90 bits per heavy atom. The number of halogens is 6. The van der Waals surface area contributed by atoms with Gasteiger partial charge in [0.15, 0.2) is 6.10 Å². The minimum Gasteiger partial charge on any atom is -0.387 e. The van der Waals surface area contributed by atoms with Crippen molar-refractivity contribution in [3.63, 3.8) is 0 Å². The highest BCUT2D eigenvalue weighted by molar-refractivity contribution is 7.10. The van der Waals surface area contributed by atoms with Crippen molar-refractivity contribution < 1.29 is 27.2 Å². The topological polar surface area (TPSA) is 76.8 Å². The van der Waals surface area contributed by atoms with Gasteiger partial charge in [-0.05, 0) is 31.0 Å². The molecule has 206 valence electrons. The van der Waals surface area contributed by atoms with Crippen molar-refractivity contribution in [2.24, 2.45) is 5.16 Å². The second-order valence-electron chi connectivity index (χ2n) is 9.23. The summed E-state index contributed by atoms with van der Waals surface area (Å²) in [4.78, 5) is 36.7. The van der Waals surface area contributed by atoms with E-state index in [0.717, 1.165) is 11.2 Å². The van der Waals surface area contributed by atoms with E-state index in [9.17, 15) is 27.2 Å². The molecular formula is C25H20Cl2F4N4O3S. The minimum absolute atomic E-state index is 0.0750. The summed E-state index contributed by atoms with van der Waals surface area (Å²) in [6, 6.07) is 4.94. The highest BCUT2D eigenvalue weighted by atomic mass is 35.5. The first kappa shape index (κ1) is 27.6. The number of piperidine rings is 1. The van der Waals surface area contributed by atoms with Crippen LogP contribution in [-0.4, -0.2) is 39.2 Å². The van der Waals surface area contributed by atoms with E-state index in [1.54, 1.807) is 12.1 Å². The van der Waals surface area contributed by atoms with Gasteiger partial charge >= 0.3 is 6.18 Å². The summed E-state index contributed by atoms with van der Waals surface area (Å²) in [5.74, 6) is -0.861. The maximum atomic E-state index is 14.3. The van der Waals surface area contributed by atoms with Crippen molar-refractivity contribution in [3.05, 3.63) is 83.9 Å². The number of aromatic nitrogens is 2. The standard InChI is InChI=1S/C25H20Cl2F4N4O3S/c26-14-1-2-16(18(28)8-14)21-9-19(33-38-21)20-12-39-23(32-20)13-3-5-34(6-4-13)22(36)11-35-10-15(27)7-17(24(35)37)25(29,30)31/h1-2,7-8,10,12-13,21H,3-6,9,11H2. The van der Waals surface area contributed by atoms with Crippen molar-refractivity contribution in [2.45, 2.75) is 44.0 Å². The van der Waals surface area contributed by atoms with Gasteiger partial charge < -0.3 is 14.3 Å². The number of nitrogens with zero attached hydrogens (tertiary/aromatic N) is 4. The summed E-state index contributed by atoms with van der Waals surface area (Å²) >= 11 is 13.0. The molecule has 0 saturated carbocycles. The molecule has 1 unspecified atom stereocenters. The van der Waals surface area contributed by atoms with E-state index in [4.69, 9.17) is 33.0 Å². The first-order valence-corrected chi connectivity index (χ1v) is 13.5. The molecule has 1 aromatic carbocycles. The highest BCUT2D eigenvalue weighted by Gasteiger charge is 2.35. The number of amides is 1. The number of hydrogen-bond acceptors (Lipinski definition) is 6. The maximum Gasteiger partial charge on any atom is 0.421 e. The lowest BCUT2D eigenvalue weighted by molar-refractivity contribution is -0.139. The SMILES string of the molecule is O=C(Cn1cc(Cl)cc(C(F)(F)F)c1=O)N1CCC(c2nc(C3=NOC(c4ccc(Cl)cc4F)C3)cs2)CC1. The summed E-state index contributed by atoms with van der Waals surface area (Å²) in [5, 5.41) is 6.83. The molecule has 2 aromatic heterocycles. The zero-order valence-electron chi connectivity index (χ0n) is 20.1. The second-order valence-corrected chi connectivity index (χ2v) is 11.0. The Balaban J connectivity index is 1.18. The van der Waals surface area contributed by atoms with Crippen molar-refractivity contribution in [1.29, 1.82) is 0 Å². The average molecular weight is 603 g/mol. The third-order valence-electron chi connectivity index (χ3n) is 6.66. The molecule has 0 N–H and O–H groups in total. The van der Waals surface area contributed by atoms with Crippen LogP contribution < -0.4 is 5.56 Å². The lowest BCUT2D eigenvalue weighted by Crippen LogP contribution is -2.41. The number of pyridine rings is 1. The first-order chi connectivity index (χ1) is 18.5. The number of oxime groups is 1. The van der Waals surface area contributed by atoms with Gasteiger partial charge in [-0.25, -0.2) is 9.37 Å². The molecule has 7 nitrogen and oxygen atoms in total. The summed E-state index contributed by atoms with van der Waals surface area (Å²) < 4.78 is 54.3. The number of carbonyl (C=O) groups is 1. The smallest absolute Gasteiger partial charge is 0.387 e. The molecule has 0 bridgehead atoms. The van der Waals surface area contributed by atoms with Crippen LogP contribution in [-0.2, 0) is 22.4 Å². The van der Waals surface area contributed by atoms with Gasteiger partial charge in [0.25, 0.3) is 5.56 Å². The molecule has 39 heavy (non-hydrogen) atoms. The van der Waals surface area contributed by atoms with Crippen LogP contribution in [0.4, 0.5) is 17.6 Å². The van der Waals surface area contributed by atoms with E-state index in [2.05, 4.69) is 5.16 Å². The Morgan fingerprint density at radius 3 is 2.59 bits per heavy atom. The number of likely N-dealkylation sites (tertiary alicyclic amines) is 1. The number of rotatable bonds is 5. The Kier molecular flexibility index (Phi) is 7.71. The molecule has 5 rings (SSSR count). The van der Waals surface area contributed by atoms with Gasteiger partial charge in [0.2, 0.25) is 5.91 Å². The van der Waals surface area contributed by atoms with Crippen LogP contribution in [0.25, 0.3) is 0 Å². The van der Waals surface area contributed by atoms with E-state index in [1.807, 2.05) is 5.38 Å². The van der Waals surface area contributed by atoms with Gasteiger partial charge in [0, 0.05) is 47.6 Å². The fourth-order valence-corrected chi connectivity index (χ4v) is 5.99. The van der Waals surface area contributed by atoms with Crippen LogP contribution in [0.5, 0.6) is 0 Å². The first-order valence-electron chi connectivity index (χ1n) is 11.9. The number of benzene rings is 1. The molecule has 1 saturated heterocycles. The fraction of sp³-hybridized carbons (Fsp3) is 0.360. The Labute approximate surface area is 233 Å². The Hall–Kier alpha value is -2.96. The molecule has 0 spiro atoms. The van der Waals surface area contributed by atoms with E-state index in [1.165, 1.54) is 22.3 Å². The number of alkyl halides is 3. The molecule has 1 atom stereocenters. The summed E-state index contributed by atoms with van der Waals surface area (Å²) in [5.41, 5.74) is -1.12. The van der Waals surface area contributed by atoms with Gasteiger partial charge in [0.05, 0.1) is 15.7 Å². The molecule has 0 radical (unpaired) electrons. The van der Waals surface area contributed by atoms with E-state index in [-0.39, 0.29) is 10.9 Å².